The van der Waals surface area contributed by atoms with E-state index < -0.39 is 5.85 Å². The number of nitrogens with zero attached hydrogens (tertiary/aromatic N) is 1. The fourth-order valence-corrected chi connectivity index (χ4v) is 2.27. The molecule has 6 heteroatoms. The van der Waals surface area contributed by atoms with Gasteiger partial charge in [-0.2, -0.15) is 8.78 Å². The molecule has 0 radical (unpaired) electrons. The quantitative estimate of drug-likeness (QED) is 0.843. The van der Waals surface area contributed by atoms with E-state index in [-0.39, 0.29) is 5.75 Å². The second-order valence-corrected chi connectivity index (χ2v) is 5.75. The van der Waals surface area contributed by atoms with Gasteiger partial charge in [-0.15, -0.1) is 0 Å². The third-order valence-corrected chi connectivity index (χ3v) is 3.27. The Balaban J connectivity index is 2.26. The summed E-state index contributed by atoms with van der Waals surface area (Å²) in [4.78, 5) is 0. The van der Waals surface area contributed by atoms with Crippen molar-refractivity contribution < 1.29 is 13.5 Å². The molecule has 0 saturated heterocycles. The molecule has 0 amide bonds. The predicted octanol–water partition coefficient (Wildman–Crippen LogP) is 4.13. The lowest BCUT2D eigenvalue weighted by molar-refractivity contribution is -0.0892. The summed E-state index contributed by atoms with van der Waals surface area (Å²) >= 11 is 0. The Morgan fingerprint density at radius 1 is 1.23 bits per heavy atom. The van der Waals surface area contributed by atoms with Gasteiger partial charge in [0.1, 0.15) is 5.75 Å². The number of hydrazine groups is 1. The summed E-state index contributed by atoms with van der Waals surface area (Å²) in [6.07, 6.45) is 5.94. The molecule has 1 aromatic carbocycles. The minimum atomic E-state index is -3.26. The minimum absolute atomic E-state index is 0.128. The van der Waals surface area contributed by atoms with E-state index in [1.807, 2.05) is 44.3 Å². The van der Waals surface area contributed by atoms with Crippen LogP contribution in [0.4, 0.5) is 8.78 Å². The van der Waals surface area contributed by atoms with E-state index in [1.165, 1.54) is 26.9 Å². The lowest BCUT2D eigenvalue weighted by atomic mass is 10.0. The zero-order valence-electron chi connectivity index (χ0n) is 12.7. The summed E-state index contributed by atoms with van der Waals surface area (Å²) in [6.45, 7) is 4.07. The maximum Gasteiger partial charge on any atom is 0.408 e. The molecule has 0 saturated carbocycles. The largest absolute Gasteiger partial charge is 0.430 e. The van der Waals surface area contributed by atoms with Crippen molar-refractivity contribution in [3.05, 3.63) is 59.5 Å². The molecule has 0 aliphatic carbocycles. The first-order chi connectivity index (χ1) is 10.3. The highest BCUT2D eigenvalue weighted by Gasteiger charge is 2.23. The normalized spacial score (nSPS) is 14.9. The molecular formula is C16H19F2N2OP. The Labute approximate surface area is 131 Å². The molecule has 118 valence electrons. The number of allylic oxidation sites excluding steroid dienone is 4. The summed E-state index contributed by atoms with van der Waals surface area (Å²) < 4.78 is 30.1. The molecule has 1 aromatic rings. The van der Waals surface area contributed by atoms with E-state index in [9.17, 15) is 8.78 Å². The summed E-state index contributed by atoms with van der Waals surface area (Å²) in [7, 11) is 3.21. The van der Waals surface area contributed by atoms with Crippen LogP contribution in [-0.4, -0.2) is 17.9 Å². The van der Waals surface area contributed by atoms with Crippen LogP contribution in [0.5, 0.6) is 5.75 Å². The monoisotopic (exact) mass is 324 g/mol. The standard InChI is InChI=1S/C16H19F2N2OP/c1-11(2)15-10-13(8-9-20(15)19-3)12-4-6-14(7-5-12)21-16(17,18)22/h4-10,19H,22H2,1-3H3. The molecule has 0 fully saturated rings. The lowest BCUT2D eigenvalue weighted by Gasteiger charge is -2.26. The zero-order chi connectivity index (χ0) is 16.3. The average Bonchev–Trinajstić information content (AvgIpc) is 2.45. The molecule has 1 atom stereocenters. The van der Waals surface area contributed by atoms with Gasteiger partial charge in [0.15, 0.2) is 0 Å². The molecule has 1 unspecified atom stereocenters. The second kappa shape index (κ2) is 6.59. The number of halogens is 2. The van der Waals surface area contributed by atoms with Gasteiger partial charge in [-0.1, -0.05) is 17.7 Å². The van der Waals surface area contributed by atoms with Crippen LogP contribution in [0, 0.1) is 0 Å². The maximum absolute atomic E-state index is 12.8. The average molecular weight is 324 g/mol. The van der Waals surface area contributed by atoms with Crippen molar-refractivity contribution in [1.29, 1.82) is 0 Å². The number of hydrogen-bond donors (Lipinski definition) is 1. The molecule has 22 heavy (non-hydrogen) atoms. The van der Waals surface area contributed by atoms with E-state index in [4.69, 9.17) is 0 Å². The second-order valence-electron chi connectivity index (χ2n) is 5.08. The molecule has 3 nitrogen and oxygen atoms in total. The van der Waals surface area contributed by atoms with Gasteiger partial charge in [-0.05, 0) is 58.5 Å². The smallest absolute Gasteiger partial charge is 0.408 e. The summed E-state index contributed by atoms with van der Waals surface area (Å²) in [5.41, 5.74) is 7.24. The lowest BCUT2D eigenvalue weighted by Crippen LogP contribution is -2.30. The number of rotatable bonds is 4. The van der Waals surface area contributed by atoms with Crippen LogP contribution in [-0.2, 0) is 0 Å². The van der Waals surface area contributed by atoms with Crippen molar-refractivity contribution in [1.82, 2.24) is 10.4 Å². The first-order valence-corrected chi connectivity index (χ1v) is 7.38. The summed E-state index contributed by atoms with van der Waals surface area (Å²) in [5.74, 6) is -3.13. The van der Waals surface area contributed by atoms with Crippen molar-refractivity contribution in [2.24, 2.45) is 0 Å². The SMILES string of the molecule is CNN1C=CC(c2ccc(OC(F)(F)P)cc2)=CC1=C(C)C. The first-order valence-electron chi connectivity index (χ1n) is 6.80. The molecule has 0 bridgehead atoms. The predicted molar refractivity (Wildman–Crippen MR) is 88.1 cm³/mol. The number of hydrogen-bond acceptors (Lipinski definition) is 3. The minimum Gasteiger partial charge on any atom is -0.430 e. The number of benzene rings is 1. The molecule has 1 aliphatic rings. The van der Waals surface area contributed by atoms with E-state index in [0.29, 0.717) is 0 Å². The van der Waals surface area contributed by atoms with Gasteiger partial charge < -0.3 is 4.74 Å². The van der Waals surface area contributed by atoms with Gasteiger partial charge in [0.25, 0.3) is 0 Å². The van der Waals surface area contributed by atoms with Gasteiger partial charge in [-0.3, -0.25) is 5.01 Å². The molecule has 0 aromatic heterocycles. The Hall–Kier alpha value is -1.71. The van der Waals surface area contributed by atoms with Gasteiger partial charge in [0.05, 0.1) is 5.70 Å². The van der Waals surface area contributed by atoms with Crippen LogP contribution in [0.15, 0.2) is 53.9 Å². The molecule has 2 rings (SSSR count). The van der Waals surface area contributed by atoms with Gasteiger partial charge in [-0.25, -0.2) is 5.43 Å². The number of ether oxygens (including phenoxy) is 1. The highest BCUT2D eigenvalue weighted by Crippen LogP contribution is 2.30. The van der Waals surface area contributed by atoms with Crippen LogP contribution in [0.2, 0.25) is 0 Å². The van der Waals surface area contributed by atoms with E-state index in [2.05, 4.69) is 10.2 Å². The highest BCUT2D eigenvalue weighted by molar-refractivity contribution is 7.17. The fourth-order valence-electron chi connectivity index (χ4n) is 2.13. The summed E-state index contributed by atoms with van der Waals surface area (Å²) in [5, 5.41) is 1.92. The molecule has 0 spiro atoms. The van der Waals surface area contributed by atoms with Crippen LogP contribution < -0.4 is 10.2 Å². The van der Waals surface area contributed by atoms with Crippen LogP contribution in [0.3, 0.4) is 0 Å². The van der Waals surface area contributed by atoms with Crippen LogP contribution >= 0.6 is 9.24 Å². The molecule has 1 aliphatic heterocycles. The van der Waals surface area contributed by atoms with Crippen LogP contribution in [0.25, 0.3) is 5.57 Å². The Kier molecular flexibility index (Phi) is 4.99. The topological polar surface area (TPSA) is 24.5 Å². The van der Waals surface area contributed by atoms with Gasteiger partial charge in [0.2, 0.25) is 0 Å². The molecular weight excluding hydrogens is 305 g/mol. The number of nitrogens with one attached hydrogen (secondary N) is 1. The third-order valence-electron chi connectivity index (χ3n) is 3.15. The van der Waals surface area contributed by atoms with Gasteiger partial charge in [0, 0.05) is 13.2 Å². The van der Waals surface area contributed by atoms with E-state index in [0.717, 1.165) is 16.8 Å². The number of alkyl halides is 2. The molecule has 1 heterocycles. The van der Waals surface area contributed by atoms with Crippen molar-refractivity contribution in [3.8, 4) is 5.75 Å². The Morgan fingerprint density at radius 2 is 1.86 bits per heavy atom. The maximum atomic E-state index is 12.8. The first kappa shape index (κ1) is 16.7. The van der Waals surface area contributed by atoms with Crippen molar-refractivity contribution >= 4 is 14.8 Å². The zero-order valence-corrected chi connectivity index (χ0v) is 13.9. The van der Waals surface area contributed by atoms with Crippen molar-refractivity contribution in [2.45, 2.75) is 19.7 Å². The van der Waals surface area contributed by atoms with Crippen molar-refractivity contribution in [3.63, 3.8) is 0 Å². The van der Waals surface area contributed by atoms with Crippen molar-refractivity contribution in [2.75, 3.05) is 7.05 Å². The van der Waals surface area contributed by atoms with E-state index in [1.54, 1.807) is 12.1 Å². The summed E-state index contributed by atoms with van der Waals surface area (Å²) in [6, 6.07) is 6.60. The van der Waals surface area contributed by atoms with Gasteiger partial charge >= 0.3 is 5.85 Å². The molecule has 1 N–H and O–H groups in total. The third kappa shape index (κ3) is 4.15. The highest BCUT2D eigenvalue weighted by atomic mass is 31.0. The fraction of sp³-hybridized carbons (Fsp3) is 0.250. The Morgan fingerprint density at radius 3 is 2.36 bits per heavy atom. The van der Waals surface area contributed by atoms with Crippen LogP contribution in [0.1, 0.15) is 19.4 Å². The van der Waals surface area contributed by atoms with E-state index >= 15 is 0 Å². The Bertz CT molecular complexity index is 627.